The van der Waals surface area contributed by atoms with Gasteiger partial charge in [0.25, 0.3) is 0 Å². The predicted molar refractivity (Wildman–Crippen MR) is 53.2 cm³/mol. The van der Waals surface area contributed by atoms with Crippen LogP contribution in [0, 0.1) is 0 Å². The highest BCUT2D eigenvalue weighted by Gasteiger charge is 2.32. The summed E-state index contributed by atoms with van der Waals surface area (Å²) in [6.45, 7) is 0.621. The largest absolute Gasteiger partial charge is 0.401 e. The Morgan fingerprint density at radius 2 is 1.88 bits per heavy atom. The van der Waals surface area contributed by atoms with E-state index < -0.39 is 12.7 Å². The summed E-state index contributed by atoms with van der Waals surface area (Å²) in [5, 5.41) is 8.55. The molecule has 96 valence electrons. The Kier molecular flexibility index (Phi) is 5.51. The Balaban J connectivity index is 2.13. The maximum atomic E-state index is 12.1. The average Bonchev–Trinajstić information content (AvgIpc) is 2.19. The maximum absolute atomic E-state index is 12.1. The van der Waals surface area contributed by atoms with Crippen LogP contribution in [0.1, 0.15) is 19.3 Å². The van der Waals surface area contributed by atoms with Crippen molar-refractivity contribution < 1.29 is 23.0 Å². The van der Waals surface area contributed by atoms with E-state index in [1.807, 2.05) is 0 Å². The summed E-state index contributed by atoms with van der Waals surface area (Å²) in [5.41, 5.74) is 0. The number of ether oxygens (including phenoxy) is 1. The minimum atomic E-state index is -4.11. The van der Waals surface area contributed by atoms with E-state index in [2.05, 4.69) is 0 Å². The number of alkyl halides is 3. The molecule has 0 radical (unpaired) electrons. The number of nitrogens with zero attached hydrogens (tertiary/aromatic N) is 1. The van der Waals surface area contributed by atoms with Gasteiger partial charge in [0.05, 0.1) is 12.6 Å². The summed E-state index contributed by atoms with van der Waals surface area (Å²) in [5.74, 6) is 0. The van der Waals surface area contributed by atoms with Crippen LogP contribution in [0.15, 0.2) is 0 Å². The molecule has 1 saturated heterocycles. The van der Waals surface area contributed by atoms with Gasteiger partial charge < -0.3 is 9.84 Å². The molecule has 0 bridgehead atoms. The molecule has 1 rings (SSSR count). The molecule has 3 nitrogen and oxygen atoms in total. The normalized spacial score (nSPS) is 20.2. The Morgan fingerprint density at radius 1 is 1.25 bits per heavy atom. The molecule has 0 spiro atoms. The fourth-order valence-electron chi connectivity index (χ4n) is 1.80. The fraction of sp³-hybridized carbons (Fsp3) is 1.00. The van der Waals surface area contributed by atoms with Gasteiger partial charge in [-0.25, -0.2) is 0 Å². The van der Waals surface area contributed by atoms with Gasteiger partial charge in [-0.05, 0) is 19.3 Å². The predicted octanol–water partition coefficient (Wildman–Crippen LogP) is 1.41. The zero-order chi connectivity index (χ0) is 12.0. The summed E-state index contributed by atoms with van der Waals surface area (Å²) in [7, 11) is 0. The van der Waals surface area contributed by atoms with Crippen molar-refractivity contribution in [3.05, 3.63) is 0 Å². The SMILES string of the molecule is OCCCOC1CCN(CC(F)(F)F)CC1. The fourth-order valence-corrected chi connectivity index (χ4v) is 1.80. The number of piperidine rings is 1. The summed E-state index contributed by atoms with van der Waals surface area (Å²) in [6, 6.07) is 0. The number of halogens is 3. The van der Waals surface area contributed by atoms with Gasteiger partial charge in [-0.1, -0.05) is 0 Å². The van der Waals surface area contributed by atoms with Gasteiger partial charge in [0, 0.05) is 26.3 Å². The molecule has 1 aliphatic rings. The lowest BCUT2D eigenvalue weighted by atomic mass is 10.1. The summed E-state index contributed by atoms with van der Waals surface area (Å²) in [4.78, 5) is 1.41. The van der Waals surface area contributed by atoms with Crippen molar-refractivity contribution in [3.63, 3.8) is 0 Å². The van der Waals surface area contributed by atoms with Crippen LogP contribution in [-0.2, 0) is 4.74 Å². The molecular weight excluding hydrogens is 223 g/mol. The first-order valence-electron chi connectivity index (χ1n) is 5.53. The lowest BCUT2D eigenvalue weighted by molar-refractivity contribution is -0.151. The van der Waals surface area contributed by atoms with Gasteiger partial charge in [-0.15, -0.1) is 0 Å². The van der Waals surface area contributed by atoms with Crippen molar-refractivity contribution in [2.45, 2.75) is 31.5 Å². The number of likely N-dealkylation sites (tertiary alicyclic amines) is 1. The molecule has 6 heteroatoms. The Hall–Kier alpha value is -0.330. The van der Waals surface area contributed by atoms with Crippen LogP contribution in [0.3, 0.4) is 0 Å². The first kappa shape index (κ1) is 13.7. The molecule has 1 fully saturated rings. The molecule has 0 amide bonds. The van der Waals surface area contributed by atoms with E-state index in [1.54, 1.807) is 0 Å². The molecule has 0 aliphatic carbocycles. The quantitative estimate of drug-likeness (QED) is 0.739. The molecule has 0 aromatic carbocycles. The molecule has 0 atom stereocenters. The molecule has 0 unspecified atom stereocenters. The molecule has 0 aromatic heterocycles. The molecule has 1 N–H and O–H groups in total. The zero-order valence-electron chi connectivity index (χ0n) is 9.17. The van der Waals surface area contributed by atoms with Gasteiger partial charge in [-0.2, -0.15) is 13.2 Å². The first-order valence-corrected chi connectivity index (χ1v) is 5.53. The summed E-state index contributed by atoms with van der Waals surface area (Å²) < 4.78 is 41.7. The van der Waals surface area contributed by atoms with E-state index in [1.165, 1.54) is 4.90 Å². The third-order valence-electron chi connectivity index (χ3n) is 2.59. The third kappa shape index (κ3) is 5.67. The Morgan fingerprint density at radius 3 is 2.38 bits per heavy atom. The third-order valence-corrected chi connectivity index (χ3v) is 2.59. The van der Waals surface area contributed by atoms with E-state index in [-0.39, 0.29) is 12.7 Å². The second-order valence-electron chi connectivity index (χ2n) is 4.04. The Bertz CT molecular complexity index is 191. The van der Waals surface area contributed by atoms with E-state index in [0.717, 1.165) is 0 Å². The molecule has 16 heavy (non-hydrogen) atoms. The highest BCUT2D eigenvalue weighted by molar-refractivity contribution is 4.74. The van der Waals surface area contributed by atoms with E-state index in [9.17, 15) is 13.2 Å². The number of aliphatic hydroxyl groups is 1. The van der Waals surface area contributed by atoms with Crippen molar-refractivity contribution in [2.24, 2.45) is 0 Å². The van der Waals surface area contributed by atoms with E-state index in [0.29, 0.717) is 39.0 Å². The van der Waals surface area contributed by atoms with Crippen LogP contribution >= 0.6 is 0 Å². The highest BCUT2D eigenvalue weighted by Crippen LogP contribution is 2.20. The van der Waals surface area contributed by atoms with Crippen LogP contribution in [0.5, 0.6) is 0 Å². The average molecular weight is 241 g/mol. The van der Waals surface area contributed by atoms with Crippen LogP contribution in [0.2, 0.25) is 0 Å². The smallest absolute Gasteiger partial charge is 0.396 e. The van der Waals surface area contributed by atoms with Crippen LogP contribution < -0.4 is 0 Å². The molecule has 0 aromatic rings. The van der Waals surface area contributed by atoms with Gasteiger partial charge in [0.2, 0.25) is 0 Å². The van der Waals surface area contributed by atoms with Gasteiger partial charge in [-0.3, -0.25) is 4.90 Å². The van der Waals surface area contributed by atoms with Crippen molar-refractivity contribution in [2.75, 3.05) is 32.8 Å². The number of hydrogen-bond acceptors (Lipinski definition) is 3. The van der Waals surface area contributed by atoms with E-state index >= 15 is 0 Å². The number of hydrogen-bond donors (Lipinski definition) is 1. The summed E-state index contributed by atoms with van der Waals surface area (Å²) in [6.07, 6.45) is -2.19. The molecule has 1 aliphatic heterocycles. The molecule has 1 heterocycles. The minimum absolute atomic E-state index is 0.0519. The maximum Gasteiger partial charge on any atom is 0.401 e. The van der Waals surface area contributed by atoms with Crippen molar-refractivity contribution in [1.82, 2.24) is 4.90 Å². The number of aliphatic hydroxyl groups excluding tert-OH is 1. The van der Waals surface area contributed by atoms with Crippen LogP contribution in [0.4, 0.5) is 13.2 Å². The van der Waals surface area contributed by atoms with Gasteiger partial charge in [0.1, 0.15) is 0 Å². The Labute approximate surface area is 93.2 Å². The van der Waals surface area contributed by atoms with Gasteiger partial charge >= 0.3 is 6.18 Å². The van der Waals surface area contributed by atoms with Gasteiger partial charge in [0.15, 0.2) is 0 Å². The molecular formula is C10H18F3NO2. The zero-order valence-corrected chi connectivity index (χ0v) is 9.17. The monoisotopic (exact) mass is 241 g/mol. The van der Waals surface area contributed by atoms with Crippen molar-refractivity contribution in [1.29, 1.82) is 0 Å². The van der Waals surface area contributed by atoms with Crippen molar-refractivity contribution >= 4 is 0 Å². The second-order valence-corrected chi connectivity index (χ2v) is 4.04. The highest BCUT2D eigenvalue weighted by atomic mass is 19.4. The minimum Gasteiger partial charge on any atom is -0.396 e. The lowest BCUT2D eigenvalue weighted by Crippen LogP contribution is -2.42. The van der Waals surface area contributed by atoms with Crippen molar-refractivity contribution in [3.8, 4) is 0 Å². The van der Waals surface area contributed by atoms with E-state index in [4.69, 9.17) is 9.84 Å². The van der Waals surface area contributed by atoms with Crippen LogP contribution in [0.25, 0.3) is 0 Å². The second kappa shape index (κ2) is 6.42. The number of rotatable bonds is 5. The topological polar surface area (TPSA) is 32.7 Å². The molecule has 0 saturated carbocycles. The standard InChI is InChI=1S/C10H18F3NO2/c11-10(12,13)8-14-4-2-9(3-5-14)16-7-1-6-15/h9,15H,1-8H2. The summed E-state index contributed by atoms with van der Waals surface area (Å²) >= 11 is 0. The van der Waals surface area contributed by atoms with Crippen LogP contribution in [-0.4, -0.2) is 55.1 Å². The lowest BCUT2D eigenvalue weighted by Gasteiger charge is -2.32. The first-order chi connectivity index (χ1) is 7.51.